The molecule has 1 aromatic heterocycles. The van der Waals surface area contributed by atoms with Crippen molar-refractivity contribution in [1.82, 2.24) is 8.87 Å². The Morgan fingerprint density at radius 2 is 2.06 bits per heavy atom. The molecule has 0 fully saturated rings. The second-order valence-electron chi connectivity index (χ2n) is 4.66. The Labute approximate surface area is 107 Å². The quantitative estimate of drug-likeness (QED) is 0.868. The molecule has 0 saturated carbocycles. The summed E-state index contributed by atoms with van der Waals surface area (Å²) in [7, 11) is -0.626. The standard InChI is InChI=1S/C11H18N2O4S/c1-8(2)6-13(4)18(16,17)9-5-10(11(14)15)12(3)7-9/h5,7-8H,6H2,1-4H3,(H,14,15). The summed E-state index contributed by atoms with van der Waals surface area (Å²) >= 11 is 0. The van der Waals surface area contributed by atoms with Crippen molar-refractivity contribution in [2.45, 2.75) is 18.7 Å². The molecule has 0 aliphatic heterocycles. The van der Waals surface area contributed by atoms with Crippen LogP contribution in [0.5, 0.6) is 0 Å². The highest BCUT2D eigenvalue weighted by Crippen LogP contribution is 2.18. The van der Waals surface area contributed by atoms with Crippen LogP contribution in [0.1, 0.15) is 24.3 Å². The Kier molecular flexibility index (Phi) is 4.18. The highest BCUT2D eigenvalue weighted by Gasteiger charge is 2.24. The number of hydrogen-bond donors (Lipinski definition) is 1. The Bertz CT molecular complexity index is 545. The van der Waals surface area contributed by atoms with Gasteiger partial charge in [0.2, 0.25) is 10.0 Å². The molecule has 0 atom stereocenters. The van der Waals surface area contributed by atoms with Crippen LogP contribution in [0.15, 0.2) is 17.2 Å². The molecule has 18 heavy (non-hydrogen) atoms. The normalized spacial score (nSPS) is 12.3. The van der Waals surface area contributed by atoms with Crippen LogP contribution < -0.4 is 0 Å². The van der Waals surface area contributed by atoms with E-state index in [1.54, 1.807) is 0 Å². The number of nitrogens with zero attached hydrogens (tertiary/aromatic N) is 2. The average Bonchev–Trinajstić information content (AvgIpc) is 2.59. The summed E-state index contributed by atoms with van der Waals surface area (Å²) in [4.78, 5) is 10.9. The molecule has 1 rings (SSSR count). The van der Waals surface area contributed by atoms with E-state index in [1.165, 1.54) is 35.2 Å². The summed E-state index contributed by atoms with van der Waals surface area (Å²) < 4.78 is 26.9. The van der Waals surface area contributed by atoms with Crippen LogP contribution in [0, 0.1) is 5.92 Å². The van der Waals surface area contributed by atoms with Crippen LogP contribution in [-0.2, 0) is 17.1 Å². The summed E-state index contributed by atoms with van der Waals surface area (Å²) in [6.45, 7) is 4.22. The van der Waals surface area contributed by atoms with Gasteiger partial charge in [0.05, 0.1) is 0 Å². The number of carboxylic acid groups (broad SMARTS) is 1. The zero-order chi connectivity index (χ0) is 14.1. The van der Waals surface area contributed by atoms with Crippen molar-refractivity contribution in [3.8, 4) is 0 Å². The first-order valence-electron chi connectivity index (χ1n) is 5.52. The zero-order valence-corrected chi connectivity index (χ0v) is 11.7. The van der Waals surface area contributed by atoms with Gasteiger partial charge in [-0.05, 0) is 12.0 Å². The molecule has 0 bridgehead atoms. The molecule has 0 amide bonds. The lowest BCUT2D eigenvalue weighted by Crippen LogP contribution is -2.30. The molecule has 1 aromatic rings. The highest BCUT2D eigenvalue weighted by atomic mass is 32.2. The van der Waals surface area contributed by atoms with E-state index in [4.69, 9.17) is 5.11 Å². The first-order chi connectivity index (χ1) is 8.16. The van der Waals surface area contributed by atoms with Gasteiger partial charge in [0.25, 0.3) is 0 Å². The average molecular weight is 274 g/mol. The third kappa shape index (κ3) is 2.91. The molecule has 0 aromatic carbocycles. The maximum atomic E-state index is 12.2. The maximum Gasteiger partial charge on any atom is 0.352 e. The molecule has 7 heteroatoms. The Hall–Kier alpha value is -1.34. The third-order valence-electron chi connectivity index (χ3n) is 2.53. The predicted molar refractivity (Wildman–Crippen MR) is 67.0 cm³/mol. The van der Waals surface area contributed by atoms with Crippen molar-refractivity contribution in [1.29, 1.82) is 0 Å². The predicted octanol–water partition coefficient (Wildman–Crippen LogP) is 1.000. The van der Waals surface area contributed by atoms with Crippen LogP contribution >= 0.6 is 0 Å². The zero-order valence-electron chi connectivity index (χ0n) is 10.9. The molecule has 1 N–H and O–H groups in total. The van der Waals surface area contributed by atoms with Crippen LogP contribution in [-0.4, -0.2) is 42.0 Å². The fourth-order valence-corrected chi connectivity index (χ4v) is 3.09. The number of aromatic nitrogens is 1. The van der Waals surface area contributed by atoms with E-state index in [0.717, 1.165) is 0 Å². The first-order valence-corrected chi connectivity index (χ1v) is 6.96. The third-order valence-corrected chi connectivity index (χ3v) is 4.32. The Morgan fingerprint density at radius 1 is 1.50 bits per heavy atom. The molecular weight excluding hydrogens is 256 g/mol. The molecule has 102 valence electrons. The number of rotatable bonds is 5. The molecule has 0 radical (unpaired) electrons. The largest absolute Gasteiger partial charge is 0.477 e. The summed E-state index contributed by atoms with van der Waals surface area (Å²) in [5.74, 6) is -0.946. The van der Waals surface area contributed by atoms with Crippen molar-refractivity contribution in [3.63, 3.8) is 0 Å². The molecule has 1 heterocycles. The summed E-state index contributed by atoms with van der Waals surface area (Å²) in [5.41, 5.74) is -0.0495. The lowest BCUT2D eigenvalue weighted by Gasteiger charge is -2.18. The number of aromatic carboxylic acids is 1. The summed E-state index contributed by atoms with van der Waals surface area (Å²) in [6.07, 6.45) is 1.32. The van der Waals surface area contributed by atoms with E-state index in [0.29, 0.717) is 6.54 Å². The van der Waals surface area contributed by atoms with Gasteiger partial charge >= 0.3 is 5.97 Å². The van der Waals surface area contributed by atoms with Gasteiger partial charge in [-0.15, -0.1) is 0 Å². The fraction of sp³-hybridized carbons (Fsp3) is 0.545. The molecule has 6 nitrogen and oxygen atoms in total. The van der Waals surface area contributed by atoms with E-state index in [9.17, 15) is 13.2 Å². The minimum atomic E-state index is -3.62. The lowest BCUT2D eigenvalue weighted by atomic mass is 10.2. The molecule has 0 aliphatic carbocycles. The SMILES string of the molecule is CC(C)CN(C)S(=O)(=O)c1cc(C(=O)O)n(C)c1. The second kappa shape index (κ2) is 5.11. The number of aryl methyl sites for hydroxylation is 1. The van der Waals surface area contributed by atoms with Crippen LogP contribution in [0.4, 0.5) is 0 Å². The van der Waals surface area contributed by atoms with Gasteiger partial charge in [0, 0.05) is 26.8 Å². The minimum Gasteiger partial charge on any atom is -0.477 e. The Morgan fingerprint density at radius 3 is 2.44 bits per heavy atom. The first kappa shape index (κ1) is 14.7. The maximum absolute atomic E-state index is 12.2. The smallest absolute Gasteiger partial charge is 0.352 e. The van der Waals surface area contributed by atoms with Gasteiger partial charge in [-0.1, -0.05) is 13.8 Å². The fourth-order valence-electron chi connectivity index (χ4n) is 1.68. The number of sulfonamides is 1. The van der Waals surface area contributed by atoms with Gasteiger partial charge < -0.3 is 9.67 Å². The van der Waals surface area contributed by atoms with Gasteiger partial charge in [0.1, 0.15) is 10.6 Å². The van der Waals surface area contributed by atoms with E-state index in [1.807, 2.05) is 13.8 Å². The molecule has 0 saturated heterocycles. The van der Waals surface area contributed by atoms with Crippen molar-refractivity contribution in [2.75, 3.05) is 13.6 Å². The molecule has 0 unspecified atom stereocenters. The molecular formula is C11H18N2O4S. The van der Waals surface area contributed by atoms with Crippen molar-refractivity contribution in [2.24, 2.45) is 13.0 Å². The topological polar surface area (TPSA) is 79.6 Å². The number of carboxylic acids is 1. The Balaban J connectivity index is 3.13. The minimum absolute atomic E-state index is 0.00514. The molecule has 0 spiro atoms. The number of hydrogen-bond acceptors (Lipinski definition) is 3. The molecule has 0 aliphatic rings. The summed E-state index contributed by atoms with van der Waals surface area (Å²) in [6, 6.07) is 1.18. The van der Waals surface area contributed by atoms with E-state index in [-0.39, 0.29) is 16.5 Å². The van der Waals surface area contributed by atoms with Gasteiger partial charge in [-0.25, -0.2) is 17.5 Å². The lowest BCUT2D eigenvalue weighted by molar-refractivity contribution is 0.0686. The summed E-state index contributed by atoms with van der Waals surface area (Å²) in [5, 5.41) is 8.90. The van der Waals surface area contributed by atoms with Crippen molar-refractivity contribution >= 4 is 16.0 Å². The van der Waals surface area contributed by atoms with E-state index >= 15 is 0 Å². The van der Waals surface area contributed by atoms with Crippen LogP contribution in [0.3, 0.4) is 0 Å². The van der Waals surface area contributed by atoms with Gasteiger partial charge in [0.15, 0.2) is 0 Å². The van der Waals surface area contributed by atoms with E-state index < -0.39 is 16.0 Å². The monoisotopic (exact) mass is 274 g/mol. The number of carbonyl (C=O) groups is 1. The van der Waals surface area contributed by atoms with Crippen molar-refractivity contribution < 1.29 is 18.3 Å². The van der Waals surface area contributed by atoms with Crippen molar-refractivity contribution in [3.05, 3.63) is 18.0 Å². The second-order valence-corrected chi connectivity index (χ2v) is 6.70. The van der Waals surface area contributed by atoms with Gasteiger partial charge in [-0.3, -0.25) is 0 Å². The highest BCUT2D eigenvalue weighted by molar-refractivity contribution is 7.89. The van der Waals surface area contributed by atoms with E-state index in [2.05, 4.69) is 0 Å². The van der Waals surface area contributed by atoms with Crippen LogP contribution in [0.25, 0.3) is 0 Å². The van der Waals surface area contributed by atoms with Crippen LogP contribution in [0.2, 0.25) is 0 Å². The van der Waals surface area contributed by atoms with Gasteiger partial charge in [-0.2, -0.15) is 0 Å².